The van der Waals surface area contributed by atoms with Crippen molar-refractivity contribution in [2.45, 2.75) is 13.0 Å². The van der Waals surface area contributed by atoms with E-state index in [1.54, 1.807) is 30.3 Å². The predicted molar refractivity (Wildman–Crippen MR) is 129 cm³/mol. The van der Waals surface area contributed by atoms with Gasteiger partial charge in [-0.15, -0.1) is 11.6 Å². The summed E-state index contributed by atoms with van der Waals surface area (Å²) in [4.78, 5) is 16.0. The van der Waals surface area contributed by atoms with Crippen molar-refractivity contribution in [3.63, 3.8) is 0 Å². The normalized spacial score (nSPS) is 11.0. The third-order valence-corrected chi connectivity index (χ3v) is 6.11. The van der Waals surface area contributed by atoms with Gasteiger partial charge in [-0.3, -0.25) is 9.52 Å². The maximum absolute atomic E-state index is 12.0. The second-order valence-electron chi connectivity index (χ2n) is 6.98. The molecule has 0 atom stereocenters. The molecule has 1 aromatic heterocycles. The number of alkyl halides is 1. The van der Waals surface area contributed by atoms with Crippen LogP contribution in [0.5, 0.6) is 0 Å². The largest absolute Gasteiger partial charge is 0.380 e. The van der Waals surface area contributed by atoms with E-state index in [-0.39, 0.29) is 17.2 Å². The SMILES string of the molecule is NC(=O)c1cnc(Nc2ccc(NS(=O)(=O)CCCCl)cc2)cc1NCc1ccccc1. The Labute approximate surface area is 192 Å². The molecule has 0 unspecified atom stereocenters. The lowest BCUT2D eigenvalue weighted by molar-refractivity contribution is 0.100. The number of anilines is 4. The number of rotatable bonds is 11. The summed E-state index contributed by atoms with van der Waals surface area (Å²) in [5.74, 6) is 0.172. The van der Waals surface area contributed by atoms with E-state index < -0.39 is 15.9 Å². The Morgan fingerprint density at radius 3 is 2.38 bits per heavy atom. The van der Waals surface area contributed by atoms with E-state index >= 15 is 0 Å². The second-order valence-corrected chi connectivity index (χ2v) is 9.20. The average molecular weight is 474 g/mol. The van der Waals surface area contributed by atoms with Crippen molar-refractivity contribution in [3.8, 4) is 0 Å². The number of benzene rings is 2. The third kappa shape index (κ3) is 6.86. The number of nitrogens with one attached hydrogen (secondary N) is 3. The highest BCUT2D eigenvalue weighted by atomic mass is 35.5. The van der Waals surface area contributed by atoms with E-state index in [0.29, 0.717) is 35.8 Å². The van der Waals surface area contributed by atoms with Crippen molar-refractivity contribution < 1.29 is 13.2 Å². The highest BCUT2D eigenvalue weighted by Crippen LogP contribution is 2.23. The molecule has 0 bridgehead atoms. The molecule has 0 radical (unpaired) electrons. The van der Waals surface area contributed by atoms with Crippen LogP contribution in [0.1, 0.15) is 22.3 Å². The molecule has 0 aliphatic carbocycles. The highest BCUT2D eigenvalue weighted by molar-refractivity contribution is 7.92. The topological polar surface area (TPSA) is 126 Å². The summed E-state index contributed by atoms with van der Waals surface area (Å²) in [5.41, 5.74) is 8.53. The number of halogens is 1. The average Bonchev–Trinajstić information content (AvgIpc) is 2.78. The van der Waals surface area contributed by atoms with Crippen LogP contribution in [-0.4, -0.2) is 30.9 Å². The van der Waals surface area contributed by atoms with Gasteiger partial charge < -0.3 is 16.4 Å². The summed E-state index contributed by atoms with van der Waals surface area (Å²) in [6, 6.07) is 18.2. The molecule has 1 heterocycles. The summed E-state index contributed by atoms with van der Waals surface area (Å²) in [5, 5.41) is 6.36. The number of amides is 1. The third-order valence-electron chi connectivity index (χ3n) is 4.47. The molecule has 0 saturated heterocycles. The Balaban J connectivity index is 1.70. The van der Waals surface area contributed by atoms with Gasteiger partial charge in [-0.1, -0.05) is 30.3 Å². The van der Waals surface area contributed by atoms with E-state index in [1.165, 1.54) is 6.20 Å². The van der Waals surface area contributed by atoms with Gasteiger partial charge in [-0.05, 0) is 36.2 Å². The summed E-state index contributed by atoms with van der Waals surface area (Å²) in [6.07, 6.45) is 1.79. The van der Waals surface area contributed by atoms with Crippen LogP contribution >= 0.6 is 11.6 Å². The van der Waals surface area contributed by atoms with E-state index in [4.69, 9.17) is 17.3 Å². The van der Waals surface area contributed by atoms with Gasteiger partial charge in [0.25, 0.3) is 5.91 Å². The van der Waals surface area contributed by atoms with Gasteiger partial charge >= 0.3 is 0 Å². The van der Waals surface area contributed by atoms with Gasteiger partial charge in [0.15, 0.2) is 0 Å². The van der Waals surface area contributed by atoms with E-state index in [1.807, 2.05) is 30.3 Å². The molecule has 0 fully saturated rings. The Hall–Kier alpha value is -3.30. The molecule has 8 nitrogen and oxygen atoms in total. The Bertz CT molecular complexity index is 1160. The molecule has 0 aliphatic rings. The molecular formula is C22H24ClN5O3S. The van der Waals surface area contributed by atoms with Gasteiger partial charge in [0.1, 0.15) is 5.82 Å². The number of nitrogens with zero attached hydrogens (tertiary/aromatic N) is 1. The number of carbonyl (C=O) groups is 1. The Morgan fingerprint density at radius 2 is 1.72 bits per heavy atom. The summed E-state index contributed by atoms with van der Waals surface area (Å²) < 4.78 is 26.5. The quantitative estimate of drug-likeness (QED) is 0.313. The van der Waals surface area contributed by atoms with E-state index in [2.05, 4.69) is 20.3 Å². The zero-order valence-electron chi connectivity index (χ0n) is 17.2. The standard InChI is InChI=1S/C22H24ClN5O3S/c23-11-4-12-32(30,31)28-18-9-7-17(8-10-18)27-21-13-20(19(15-26-21)22(24)29)25-14-16-5-2-1-3-6-16/h1-3,5-10,13,15,28H,4,11-12,14H2,(H2,24,29)(H2,25,26,27). The van der Waals surface area contributed by atoms with Gasteiger partial charge in [-0.25, -0.2) is 13.4 Å². The smallest absolute Gasteiger partial charge is 0.252 e. The number of sulfonamides is 1. The maximum Gasteiger partial charge on any atom is 0.252 e. The minimum atomic E-state index is -3.44. The number of nitrogens with two attached hydrogens (primary N) is 1. The molecule has 2 aromatic carbocycles. The summed E-state index contributed by atoms with van der Waals surface area (Å²) in [7, 11) is -3.44. The number of aromatic nitrogens is 1. The fourth-order valence-corrected chi connectivity index (χ4v) is 4.32. The van der Waals surface area contributed by atoms with Crippen molar-refractivity contribution in [3.05, 3.63) is 78.0 Å². The summed E-state index contributed by atoms with van der Waals surface area (Å²) in [6.45, 7) is 0.517. The molecule has 0 spiro atoms. The molecule has 1 amide bonds. The van der Waals surface area contributed by atoms with Crippen molar-refractivity contribution in [2.24, 2.45) is 5.73 Å². The van der Waals surface area contributed by atoms with Gasteiger partial charge in [0.05, 0.1) is 17.0 Å². The van der Waals surface area contributed by atoms with Crippen LogP contribution in [0.25, 0.3) is 0 Å². The zero-order valence-corrected chi connectivity index (χ0v) is 18.8. The number of hydrogen-bond donors (Lipinski definition) is 4. The highest BCUT2D eigenvalue weighted by Gasteiger charge is 2.12. The van der Waals surface area contributed by atoms with Gasteiger partial charge in [0.2, 0.25) is 10.0 Å². The lowest BCUT2D eigenvalue weighted by Crippen LogP contribution is -2.17. The molecule has 3 aromatic rings. The zero-order chi connectivity index (χ0) is 23.0. The van der Waals surface area contributed by atoms with Crippen LogP contribution in [0.3, 0.4) is 0 Å². The molecule has 168 valence electrons. The minimum Gasteiger partial charge on any atom is -0.380 e. The number of hydrogen-bond acceptors (Lipinski definition) is 6. The molecule has 32 heavy (non-hydrogen) atoms. The van der Waals surface area contributed by atoms with Crippen molar-refractivity contribution in [2.75, 3.05) is 27.0 Å². The molecule has 5 N–H and O–H groups in total. The van der Waals surface area contributed by atoms with Crippen LogP contribution in [0.4, 0.5) is 22.9 Å². The van der Waals surface area contributed by atoms with Crippen LogP contribution in [0.15, 0.2) is 66.9 Å². The monoisotopic (exact) mass is 473 g/mol. The van der Waals surface area contributed by atoms with E-state index in [0.717, 1.165) is 5.56 Å². The van der Waals surface area contributed by atoms with Crippen LogP contribution in [0.2, 0.25) is 0 Å². The van der Waals surface area contributed by atoms with E-state index in [9.17, 15) is 13.2 Å². The number of primary amides is 1. The first kappa shape index (κ1) is 23.4. The minimum absolute atomic E-state index is 0.0363. The van der Waals surface area contributed by atoms with Crippen LogP contribution in [0, 0.1) is 0 Å². The lowest BCUT2D eigenvalue weighted by atomic mass is 10.2. The fourth-order valence-electron chi connectivity index (χ4n) is 2.90. The maximum atomic E-state index is 12.0. The number of carbonyl (C=O) groups excluding carboxylic acids is 1. The molecule has 0 aliphatic heterocycles. The fraction of sp³-hybridized carbons (Fsp3) is 0.182. The van der Waals surface area contributed by atoms with Gasteiger partial charge in [0, 0.05) is 36.1 Å². The van der Waals surface area contributed by atoms with Crippen molar-refractivity contribution >= 4 is 50.4 Å². The van der Waals surface area contributed by atoms with Crippen LogP contribution in [-0.2, 0) is 16.6 Å². The molecule has 0 saturated carbocycles. The van der Waals surface area contributed by atoms with Gasteiger partial charge in [-0.2, -0.15) is 0 Å². The number of pyridine rings is 1. The first-order valence-electron chi connectivity index (χ1n) is 9.87. The second kappa shape index (κ2) is 10.8. The van der Waals surface area contributed by atoms with Crippen molar-refractivity contribution in [1.29, 1.82) is 0 Å². The lowest BCUT2D eigenvalue weighted by Gasteiger charge is -2.13. The Kier molecular flexibility index (Phi) is 7.91. The molecule has 3 rings (SSSR count). The predicted octanol–water partition coefficient (Wildman–Crippen LogP) is 3.91. The molecular weight excluding hydrogens is 450 g/mol. The van der Waals surface area contributed by atoms with Crippen LogP contribution < -0.4 is 21.1 Å². The van der Waals surface area contributed by atoms with Crippen molar-refractivity contribution in [1.82, 2.24) is 4.98 Å². The Morgan fingerprint density at radius 1 is 1.03 bits per heavy atom. The molecule has 10 heteroatoms. The first-order chi connectivity index (χ1) is 15.4. The first-order valence-corrected chi connectivity index (χ1v) is 12.1. The summed E-state index contributed by atoms with van der Waals surface area (Å²) >= 11 is 5.56.